The molecule has 1 aliphatic rings. The predicted molar refractivity (Wildman–Crippen MR) is 226 cm³/mol. The molecule has 0 radical (unpaired) electrons. The quantitative estimate of drug-likeness (QED) is 0.179. The van der Waals surface area contributed by atoms with Crippen LogP contribution in [0.3, 0.4) is 0 Å². The Hall–Kier alpha value is -6.84. The molecule has 0 saturated heterocycles. The Morgan fingerprint density at radius 3 is 1.98 bits per heavy atom. The number of furan rings is 1. The number of nitrogens with zero attached hydrogens (tertiary/aromatic N) is 2. The predicted octanol–water partition coefficient (Wildman–Crippen LogP) is 14.1. The third-order valence-electron chi connectivity index (χ3n) is 11.6. The Labute approximate surface area is 314 Å². The van der Waals surface area contributed by atoms with Crippen molar-refractivity contribution in [3.05, 3.63) is 193 Å². The highest BCUT2D eigenvalue weighted by molar-refractivity contribution is 6.15. The normalized spacial score (nSPS) is 13.1. The van der Waals surface area contributed by atoms with Gasteiger partial charge in [-0.25, -0.2) is 0 Å². The summed E-state index contributed by atoms with van der Waals surface area (Å²) in [5.74, 6) is 0. The molecule has 8 aromatic carbocycles. The molecular formula is C51H36N2O. The van der Waals surface area contributed by atoms with E-state index in [0.717, 1.165) is 44.7 Å². The van der Waals surface area contributed by atoms with Crippen molar-refractivity contribution in [2.75, 3.05) is 4.90 Å². The van der Waals surface area contributed by atoms with E-state index in [1.165, 1.54) is 55.2 Å². The van der Waals surface area contributed by atoms with Crippen molar-refractivity contribution >= 4 is 60.8 Å². The van der Waals surface area contributed by atoms with Crippen LogP contribution in [0.2, 0.25) is 0 Å². The fourth-order valence-corrected chi connectivity index (χ4v) is 9.03. The molecule has 256 valence electrons. The van der Waals surface area contributed by atoms with Crippen molar-refractivity contribution in [3.8, 4) is 27.9 Å². The van der Waals surface area contributed by atoms with E-state index < -0.39 is 0 Å². The number of benzene rings is 8. The van der Waals surface area contributed by atoms with E-state index in [1.807, 2.05) is 6.07 Å². The summed E-state index contributed by atoms with van der Waals surface area (Å²) in [6.07, 6.45) is 0. The van der Waals surface area contributed by atoms with Gasteiger partial charge in [-0.2, -0.15) is 0 Å². The second-order valence-electron chi connectivity index (χ2n) is 15.0. The fraction of sp³-hybridized carbons (Fsp3) is 0.0588. The van der Waals surface area contributed by atoms with Gasteiger partial charge in [0.15, 0.2) is 0 Å². The first-order valence-corrected chi connectivity index (χ1v) is 18.7. The molecule has 2 aromatic heterocycles. The van der Waals surface area contributed by atoms with Gasteiger partial charge in [-0.05, 0) is 100 Å². The lowest BCUT2D eigenvalue weighted by molar-refractivity contribution is 0.660. The van der Waals surface area contributed by atoms with Crippen LogP contribution in [0.15, 0.2) is 186 Å². The number of para-hydroxylation sites is 2. The first kappa shape index (κ1) is 30.8. The Balaban J connectivity index is 1.14. The topological polar surface area (TPSA) is 21.3 Å². The van der Waals surface area contributed by atoms with Gasteiger partial charge in [0.25, 0.3) is 0 Å². The number of anilines is 3. The molecule has 54 heavy (non-hydrogen) atoms. The molecule has 0 fully saturated rings. The van der Waals surface area contributed by atoms with Gasteiger partial charge in [0.2, 0.25) is 0 Å². The lowest BCUT2D eigenvalue weighted by atomic mass is 9.82. The highest BCUT2D eigenvalue weighted by Crippen LogP contribution is 2.51. The smallest absolute Gasteiger partial charge is 0.137 e. The average Bonchev–Trinajstić information content (AvgIpc) is 3.84. The maximum Gasteiger partial charge on any atom is 0.137 e. The van der Waals surface area contributed by atoms with Crippen LogP contribution in [0.5, 0.6) is 0 Å². The number of hydrogen-bond acceptors (Lipinski definition) is 2. The lowest BCUT2D eigenvalue weighted by Gasteiger charge is -2.28. The molecule has 11 rings (SSSR count). The molecule has 0 unspecified atom stereocenters. The van der Waals surface area contributed by atoms with E-state index in [-0.39, 0.29) is 5.41 Å². The largest absolute Gasteiger partial charge is 0.456 e. The van der Waals surface area contributed by atoms with Gasteiger partial charge < -0.3 is 13.9 Å². The lowest BCUT2D eigenvalue weighted by Crippen LogP contribution is -2.15. The zero-order valence-electron chi connectivity index (χ0n) is 30.1. The van der Waals surface area contributed by atoms with Crippen LogP contribution in [-0.4, -0.2) is 4.57 Å². The van der Waals surface area contributed by atoms with Crippen molar-refractivity contribution in [3.63, 3.8) is 0 Å². The number of rotatable bonds is 5. The van der Waals surface area contributed by atoms with Crippen LogP contribution in [0, 0.1) is 0 Å². The molecule has 1 aliphatic carbocycles. The molecule has 3 heteroatoms. The van der Waals surface area contributed by atoms with Crippen molar-refractivity contribution in [1.29, 1.82) is 0 Å². The molecule has 0 saturated carbocycles. The van der Waals surface area contributed by atoms with E-state index in [0.29, 0.717) is 0 Å². The second-order valence-corrected chi connectivity index (χ2v) is 15.0. The van der Waals surface area contributed by atoms with Gasteiger partial charge in [-0.1, -0.05) is 129 Å². The first-order valence-electron chi connectivity index (χ1n) is 18.7. The Morgan fingerprint density at radius 2 is 1.11 bits per heavy atom. The van der Waals surface area contributed by atoms with Gasteiger partial charge >= 0.3 is 0 Å². The summed E-state index contributed by atoms with van der Waals surface area (Å²) < 4.78 is 8.84. The van der Waals surface area contributed by atoms with E-state index in [9.17, 15) is 0 Å². The van der Waals surface area contributed by atoms with Crippen LogP contribution in [-0.2, 0) is 5.41 Å². The van der Waals surface area contributed by atoms with Crippen LogP contribution in [0.4, 0.5) is 17.1 Å². The van der Waals surface area contributed by atoms with Crippen molar-refractivity contribution < 1.29 is 4.42 Å². The Kier molecular flexibility index (Phi) is 6.60. The van der Waals surface area contributed by atoms with E-state index in [2.05, 4.69) is 199 Å². The molecule has 0 atom stereocenters. The van der Waals surface area contributed by atoms with E-state index >= 15 is 0 Å². The summed E-state index contributed by atoms with van der Waals surface area (Å²) in [4.78, 5) is 2.43. The van der Waals surface area contributed by atoms with Crippen LogP contribution in [0.25, 0.3) is 71.7 Å². The molecule has 0 bridgehead atoms. The maximum atomic E-state index is 6.45. The molecule has 0 aliphatic heterocycles. The third-order valence-corrected chi connectivity index (χ3v) is 11.6. The van der Waals surface area contributed by atoms with Crippen molar-refractivity contribution in [2.24, 2.45) is 0 Å². The van der Waals surface area contributed by atoms with Crippen molar-refractivity contribution in [1.82, 2.24) is 4.57 Å². The summed E-state index contributed by atoms with van der Waals surface area (Å²) >= 11 is 0. The minimum Gasteiger partial charge on any atom is -0.456 e. The minimum atomic E-state index is -0.0733. The van der Waals surface area contributed by atoms with Crippen molar-refractivity contribution in [2.45, 2.75) is 19.3 Å². The average molecular weight is 693 g/mol. The molecular weight excluding hydrogens is 657 g/mol. The molecule has 3 nitrogen and oxygen atoms in total. The SMILES string of the molecule is CC1(C)c2ccccc2-c2cc(N(c3ccc4c(c3)c3ccccc3n4-c3ccc(-c4ccccc4)cc3)c3cccc4oc5ccccc5c34)ccc21. The van der Waals surface area contributed by atoms with Crippen LogP contribution < -0.4 is 4.90 Å². The molecule has 0 amide bonds. The second kappa shape index (κ2) is 11.6. The molecule has 0 N–H and O–H groups in total. The summed E-state index contributed by atoms with van der Waals surface area (Å²) in [5.41, 5.74) is 16.2. The van der Waals surface area contributed by atoms with Crippen LogP contribution >= 0.6 is 0 Å². The Bertz CT molecular complexity index is 3070. The van der Waals surface area contributed by atoms with Crippen LogP contribution in [0.1, 0.15) is 25.0 Å². The summed E-state index contributed by atoms with van der Waals surface area (Å²) in [7, 11) is 0. The fourth-order valence-electron chi connectivity index (χ4n) is 9.03. The highest BCUT2D eigenvalue weighted by atomic mass is 16.3. The summed E-state index contributed by atoms with van der Waals surface area (Å²) in [5, 5.41) is 4.64. The standard InChI is InChI=1S/C51H36N2O/c1-51(2)43-18-9-6-15-38(43)41-31-36(27-29-44(41)51)52(47-20-12-22-49-50(47)40-17-8-11-21-48(40)54-49)37-28-30-46-42(32-37)39-16-7-10-19-45(39)53(46)35-25-23-34(24-26-35)33-13-4-3-5-14-33/h3-32H,1-2H3. The van der Waals surface area contributed by atoms with Gasteiger partial charge in [-0.15, -0.1) is 0 Å². The van der Waals surface area contributed by atoms with Gasteiger partial charge in [0.1, 0.15) is 11.2 Å². The number of fused-ring (bicyclic) bond motifs is 9. The minimum absolute atomic E-state index is 0.0733. The van der Waals surface area contributed by atoms with Gasteiger partial charge in [-0.3, -0.25) is 0 Å². The van der Waals surface area contributed by atoms with E-state index in [1.54, 1.807) is 0 Å². The summed E-state index contributed by atoms with van der Waals surface area (Å²) in [6, 6.07) is 65.9. The number of hydrogen-bond donors (Lipinski definition) is 0. The maximum absolute atomic E-state index is 6.45. The third kappa shape index (κ3) is 4.48. The van der Waals surface area contributed by atoms with Gasteiger partial charge in [0, 0.05) is 38.6 Å². The molecule has 10 aromatic rings. The highest BCUT2D eigenvalue weighted by Gasteiger charge is 2.35. The van der Waals surface area contributed by atoms with E-state index in [4.69, 9.17) is 4.42 Å². The first-order chi connectivity index (χ1) is 26.5. The monoisotopic (exact) mass is 692 g/mol. The Morgan fingerprint density at radius 1 is 0.463 bits per heavy atom. The zero-order chi connectivity index (χ0) is 36.0. The molecule has 2 heterocycles. The number of aromatic nitrogens is 1. The summed E-state index contributed by atoms with van der Waals surface area (Å²) in [6.45, 7) is 4.68. The molecule has 0 spiro atoms. The van der Waals surface area contributed by atoms with Gasteiger partial charge in [0.05, 0.1) is 22.1 Å². The zero-order valence-corrected chi connectivity index (χ0v) is 30.1.